The molecule has 9 heteroatoms. The minimum atomic E-state index is -0.321. The van der Waals surface area contributed by atoms with Crippen LogP contribution in [0.2, 0.25) is 0 Å². The van der Waals surface area contributed by atoms with Crippen LogP contribution in [0, 0.1) is 13.8 Å². The van der Waals surface area contributed by atoms with Gasteiger partial charge in [-0.1, -0.05) is 10.3 Å². The van der Waals surface area contributed by atoms with Gasteiger partial charge in [-0.25, -0.2) is 4.98 Å². The summed E-state index contributed by atoms with van der Waals surface area (Å²) in [5.41, 5.74) is 10.7. The van der Waals surface area contributed by atoms with Crippen LogP contribution in [0.4, 0.5) is 0 Å². The van der Waals surface area contributed by atoms with Crippen LogP contribution in [0.3, 0.4) is 0 Å². The second-order valence-electron chi connectivity index (χ2n) is 5.17. The summed E-state index contributed by atoms with van der Waals surface area (Å²) in [6.07, 6.45) is 0. The fourth-order valence-electron chi connectivity index (χ4n) is 2.62. The number of aromatic amines is 1. The van der Waals surface area contributed by atoms with Gasteiger partial charge in [-0.3, -0.25) is 4.79 Å². The molecule has 0 bridgehead atoms. The molecule has 0 radical (unpaired) electrons. The van der Waals surface area contributed by atoms with Gasteiger partial charge < -0.3 is 14.2 Å². The van der Waals surface area contributed by atoms with E-state index in [1.165, 1.54) is 7.11 Å². The van der Waals surface area contributed by atoms with E-state index in [-0.39, 0.29) is 17.9 Å². The Morgan fingerprint density at radius 2 is 2.21 bits per heavy atom. The third-order valence-corrected chi connectivity index (χ3v) is 3.66. The minimum absolute atomic E-state index is 0.0321. The third kappa shape index (κ3) is 2.57. The Morgan fingerprint density at radius 1 is 1.42 bits per heavy atom. The largest absolute Gasteiger partial charge is 0.496 e. The molecule has 1 aromatic carbocycles. The summed E-state index contributed by atoms with van der Waals surface area (Å²) in [6.45, 7) is 3.58. The number of aromatic nitrogens is 3. The van der Waals surface area contributed by atoms with Crippen molar-refractivity contribution in [3.05, 3.63) is 50.2 Å². The molecule has 9 nitrogen and oxygen atoms in total. The fourth-order valence-corrected chi connectivity index (χ4v) is 2.62. The van der Waals surface area contributed by atoms with Crippen molar-refractivity contribution in [2.45, 2.75) is 20.4 Å². The van der Waals surface area contributed by atoms with Gasteiger partial charge >= 0.3 is 0 Å². The molecule has 0 saturated carbocycles. The number of H-pyrrole nitrogens is 1. The summed E-state index contributed by atoms with van der Waals surface area (Å²) in [4.78, 5) is 21.9. The van der Waals surface area contributed by atoms with E-state index in [1.807, 2.05) is 6.92 Å². The van der Waals surface area contributed by atoms with E-state index < -0.39 is 0 Å². The minimum Gasteiger partial charge on any atom is -0.496 e. The SMILES string of the molecule is COc1cc2nc(CN=[N+]=[N-])[nH]c(=O)c2cc1-c1c(C)noc1C. The molecule has 0 spiro atoms. The molecule has 0 aliphatic rings. The summed E-state index contributed by atoms with van der Waals surface area (Å²) < 4.78 is 10.6. The average Bonchev–Trinajstić information content (AvgIpc) is 2.90. The highest BCUT2D eigenvalue weighted by atomic mass is 16.5. The molecular formula is C15H14N6O3. The second kappa shape index (κ2) is 6.05. The van der Waals surface area contributed by atoms with Gasteiger partial charge in [0, 0.05) is 16.5 Å². The van der Waals surface area contributed by atoms with Gasteiger partial charge in [0.2, 0.25) is 0 Å². The van der Waals surface area contributed by atoms with Crippen molar-refractivity contribution in [3.8, 4) is 16.9 Å². The van der Waals surface area contributed by atoms with Crippen molar-refractivity contribution >= 4 is 10.9 Å². The van der Waals surface area contributed by atoms with Crippen LogP contribution >= 0.6 is 0 Å². The van der Waals surface area contributed by atoms with Crippen LogP contribution in [0.25, 0.3) is 32.5 Å². The Morgan fingerprint density at radius 3 is 2.83 bits per heavy atom. The quantitative estimate of drug-likeness (QED) is 0.447. The highest BCUT2D eigenvalue weighted by Crippen LogP contribution is 2.36. The van der Waals surface area contributed by atoms with E-state index in [0.29, 0.717) is 33.7 Å². The van der Waals surface area contributed by atoms with Crippen LogP contribution in [-0.2, 0) is 6.54 Å². The molecule has 0 fully saturated rings. The highest BCUT2D eigenvalue weighted by molar-refractivity contribution is 5.88. The first kappa shape index (κ1) is 15.6. The number of fused-ring (bicyclic) bond motifs is 1. The number of nitrogens with zero attached hydrogens (tertiary/aromatic N) is 5. The lowest BCUT2D eigenvalue weighted by molar-refractivity contribution is 0.393. The second-order valence-corrected chi connectivity index (χ2v) is 5.17. The topological polar surface area (TPSA) is 130 Å². The maximum atomic E-state index is 12.3. The molecule has 3 rings (SSSR count). The monoisotopic (exact) mass is 326 g/mol. The number of benzene rings is 1. The molecule has 0 unspecified atom stereocenters. The van der Waals surface area contributed by atoms with Crippen LogP contribution in [-0.4, -0.2) is 22.2 Å². The van der Waals surface area contributed by atoms with Crippen molar-refractivity contribution in [3.63, 3.8) is 0 Å². The molecule has 0 aliphatic heterocycles. The molecule has 3 aromatic rings. The maximum Gasteiger partial charge on any atom is 0.258 e. The first-order chi connectivity index (χ1) is 11.5. The van der Waals surface area contributed by atoms with Gasteiger partial charge in [0.25, 0.3) is 5.56 Å². The fraction of sp³-hybridized carbons (Fsp3) is 0.267. The van der Waals surface area contributed by atoms with Gasteiger partial charge in [0.05, 0.1) is 35.8 Å². The molecule has 0 atom stereocenters. The molecule has 0 amide bonds. The molecule has 0 saturated heterocycles. The third-order valence-electron chi connectivity index (χ3n) is 3.66. The van der Waals surface area contributed by atoms with E-state index in [2.05, 4.69) is 25.2 Å². The van der Waals surface area contributed by atoms with E-state index in [1.54, 1.807) is 19.1 Å². The molecule has 122 valence electrons. The van der Waals surface area contributed by atoms with Crippen LogP contribution in [0.5, 0.6) is 5.75 Å². The lowest BCUT2D eigenvalue weighted by Crippen LogP contribution is -2.12. The molecule has 24 heavy (non-hydrogen) atoms. The number of rotatable bonds is 4. The predicted octanol–water partition coefficient (Wildman–Crippen LogP) is 3.01. The van der Waals surface area contributed by atoms with Crippen LogP contribution in [0.15, 0.2) is 26.6 Å². The van der Waals surface area contributed by atoms with Gasteiger partial charge in [0.1, 0.15) is 17.3 Å². The first-order valence-corrected chi connectivity index (χ1v) is 7.10. The molecular weight excluding hydrogens is 312 g/mol. The normalized spacial score (nSPS) is 10.6. The van der Waals surface area contributed by atoms with Crippen molar-refractivity contribution in [2.24, 2.45) is 5.11 Å². The van der Waals surface area contributed by atoms with Crippen LogP contribution in [0.1, 0.15) is 17.3 Å². The molecule has 1 N–H and O–H groups in total. The zero-order chi connectivity index (χ0) is 17.3. The Kier molecular flexibility index (Phi) is 3.93. The van der Waals surface area contributed by atoms with Gasteiger partial charge in [0.15, 0.2) is 0 Å². The van der Waals surface area contributed by atoms with Gasteiger partial charge in [-0.2, -0.15) is 0 Å². The Labute approximate surface area is 135 Å². The zero-order valence-electron chi connectivity index (χ0n) is 13.3. The van der Waals surface area contributed by atoms with E-state index in [0.717, 1.165) is 5.56 Å². The highest BCUT2D eigenvalue weighted by Gasteiger charge is 2.18. The number of ether oxygens (including phenoxy) is 1. The molecule has 2 aromatic heterocycles. The standard InChI is InChI=1S/C15H14N6O3/c1-7-14(8(2)24-20-7)10-4-9-11(5-12(10)23-3)18-13(6-17-21-16)19-15(9)22/h4-5H,6H2,1-3H3,(H,18,19,22). The molecule has 2 heterocycles. The number of azide groups is 1. The van der Waals surface area contributed by atoms with E-state index >= 15 is 0 Å². The molecule has 0 aliphatic carbocycles. The maximum absolute atomic E-state index is 12.3. The van der Waals surface area contributed by atoms with E-state index in [9.17, 15) is 4.79 Å². The first-order valence-electron chi connectivity index (χ1n) is 7.10. The summed E-state index contributed by atoms with van der Waals surface area (Å²) in [5.74, 6) is 1.47. The smallest absolute Gasteiger partial charge is 0.258 e. The Balaban J connectivity index is 2.28. The lowest BCUT2D eigenvalue weighted by atomic mass is 10.0. The van der Waals surface area contributed by atoms with Gasteiger partial charge in [-0.15, -0.1) is 0 Å². The summed E-state index contributed by atoms with van der Waals surface area (Å²) in [7, 11) is 1.54. The van der Waals surface area contributed by atoms with Crippen molar-refractivity contribution in [1.29, 1.82) is 0 Å². The summed E-state index contributed by atoms with van der Waals surface area (Å²) >= 11 is 0. The number of hydrogen-bond donors (Lipinski definition) is 1. The number of methoxy groups -OCH3 is 1. The summed E-state index contributed by atoms with van der Waals surface area (Å²) in [6, 6.07) is 3.37. The Hall–Kier alpha value is -3.32. The van der Waals surface area contributed by atoms with Gasteiger partial charge in [-0.05, 0) is 25.4 Å². The number of nitrogens with one attached hydrogen (secondary N) is 1. The zero-order valence-corrected chi connectivity index (χ0v) is 13.3. The summed E-state index contributed by atoms with van der Waals surface area (Å²) in [5, 5.41) is 7.75. The predicted molar refractivity (Wildman–Crippen MR) is 86.7 cm³/mol. The number of hydrogen-bond acceptors (Lipinski definition) is 6. The van der Waals surface area contributed by atoms with Crippen LogP contribution < -0.4 is 10.3 Å². The van der Waals surface area contributed by atoms with E-state index in [4.69, 9.17) is 14.8 Å². The van der Waals surface area contributed by atoms with Crippen molar-refractivity contribution < 1.29 is 9.26 Å². The van der Waals surface area contributed by atoms with Crippen molar-refractivity contribution in [1.82, 2.24) is 15.1 Å². The average molecular weight is 326 g/mol. The van der Waals surface area contributed by atoms with Crippen molar-refractivity contribution in [2.75, 3.05) is 7.11 Å². The lowest BCUT2D eigenvalue weighted by Gasteiger charge is -2.10. The Bertz CT molecular complexity index is 1010. The number of aryl methyl sites for hydroxylation is 2.